The first-order chi connectivity index (χ1) is 11.4. The molecule has 0 radical (unpaired) electrons. The average molecular weight is 395 g/mol. The minimum absolute atomic E-state index is 0. The first-order valence-electron chi connectivity index (χ1n) is 7.38. The molecule has 5 nitrogen and oxygen atoms in total. The Kier molecular flexibility index (Phi) is 20.9. The Hall–Kier alpha value is -1.23. The van der Waals surface area contributed by atoms with Crippen LogP contribution in [0.5, 0.6) is 0 Å². The van der Waals surface area contributed by atoms with Crippen molar-refractivity contribution >= 4 is 24.0 Å². The van der Waals surface area contributed by atoms with Crippen molar-refractivity contribution in [2.45, 2.75) is 26.3 Å². The SMILES string of the molecule is C#C.CN=C(/C=C(\N)c1cccc(C)c1)C(C)(N[C-]=N)C(C)C=O.[CH3-].[CH3-].[K+]. The van der Waals surface area contributed by atoms with Gasteiger partial charge in [-0.3, -0.25) is 4.99 Å². The van der Waals surface area contributed by atoms with Crippen LogP contribution in [0.4, 0.5) is 0 Å². The second-order valence-electron chi connectivity index (χ2n) is 5.46. The molecule has 0 aromatic heterocycles. The zero-order valence-corrected chi connectivity index (χ0v) is 20.8. The Morgan fingerprint density at radius 3 is 2.37 bits per heavy atom. The van der Waals surface area contributed by atoms with Gasteiger partial charge in [0.2, 0.25) is 0 Å². The number of aryl methyl sites for hydroxylation is 1. The van der Waals surface area contributed by atoms with Gasteiger partial charge in [0.05, 0.1) is 11.3 Å². The third-order valence-electron chi connectivity index (χ3n) is 3.85. The standard InChI is InChI=1S/C17H23N4O.C2H2.2CH3.K/c1-12-6-5-7-14(8-12)15(19)9-16(20-4)17(3,21-11-18)13(2)10-22;1-2;;;/h5-10,13H,19H2,1-4H3,(H2,18,21);1-2H;2*1H3;/q-1;;2*-1;+1/b15-9-,20-16?;;;;. The number of aliphatic imine (C=N–C) groups is 1. The van der Waals surface area contributed by atoms with Crippen LogP contribution in [0.25, 0.3) is 5.70 Å². The van der Waals surface area contributed by atoms with Crippen LogP contribution < -0.4 is 62.4 Å². The van der Waals surface area contributed by atoms with Gasteiger partial charge < -0.3 is 42.4 Å². The van der Waals surface area contributed by atoms with Gasteiger partial charge in [-0.05, 0) is 31.6 Å². The Balaban J connectivity index is -0.000000511. The van der Waals surface area contributed by atoms with Gasteiger partial charge in [-0.2, -0.15) is 0 Å². The molecule has 1 rings (SSSR count). The number of rotatable bonds is 7. The predicted octanol–water partition coefficient (Wildman–Crippen LogP) is 0.187. The normalized spacial score (nSPS) is 13.6. The number of nitrogens with two attached hydrogens (primary N) is 1. The fourth-order valence-corrected chi connectivity index (χ4v) is 2.18. The molecule has 0 heterocycles. The summed E-state index contributed by atoms with van der Waals surface area (Å²) in [6.07, 6.45) is 12.7. The van der Waals surface area contributed by atoms with Crippen LogP contribution in [-0.2, 0) is 4.79 Å². The maximum atomic E-state index is 11.2. The summed E-state index contributed by atoms with van der Waals surface area (Å²) >= 11 is 0. The van der Waals surface area contributed by atoms with Crippen LogP contribution in [0, 0.1) is 46.0 Å². The number of nitrogens with one attached hydrogen (secondary N) is 2. The van der Waals surface area contributed by atoms with Gasteiger partial charge in [0, 0.05) is 18.7 Å². The van der Waals surface area contributed by atoms with E-state index in [1.807, 2.05) is 31.2 Å². The van der Waals surface area contributed by atoms with Crippen LogP contribution in [0.1, 0.15) is 25.0 Å². The molecule has 0 saturated carbocycles. The van der Waals surface area contributed by atoms with Crippen molar-refractivity contribution in [2.24, 2.45) is 16.6 Å². The zero-order valence-electron chi connectivity index (χ0n) is 17.6. The summed E-state index contributed by atoms with van der Waals surface area (Å²) in [7, 11) is 1.64. The first-order valence-corrected chi connectivity index (χ1v) is 7.38. The fourth-order valence-electron chi connectivity index (χ4n) is 2.18. The summed E-state index contributed by atoms with van der Waals surface area (Å²) < 4.78 is 0. The van der Waals surface area contributed by atoms with E-state index in [0.29, 0.717) is 11.4 Å². The number of terminal acetylenes is 1. The maximum Gasteiger partial charge on any atom is 1.00 e. The fraction of sp³-hybridized carbons (Fsp3) is 0.286. The van der Waals surface area contributed by atoms with Gasteiger partial charge in [0.15, 0.2) is 0 Å². The van der Waals surface area contributed by atoms with E-state index < -0.39 is 11.5 Å². The molecule has 0 amide bonds. The summed E-state index contributed by atoms with van der Waals surface area (Å²) in [5.41, 5.74) is 8.48. The molecule has 4 N–H and O–H groups in total. The molecule has 0 saturated heterocycles. The van der Waals surface area contributed by atoms with Gasteiger partial charge in [-0.15, -0.1) is 12.8 Å². The molecular formula is C21H31KN4O-2. The zero-order chi connectivity index (χ0) is 18.8. The second kappa shape index (κ2) is 16.9. The van der Waals surface area contributed by atoms with Gasteiger partial charge in [-0.1, -0.05) is 30.7 Å². The van der Waals surface area contributed by atoms with Gasteiger partial charge in [0.25, 0.3) is 0 Å². The number of hydrogen-bond donors (Lipinski definition) is 3. The largest absolute Gasteiger partial charge is 1.00 e. The van der Waals surface area contributed by atoms with E-state index in [-0.39, 0.29) is 66.2 Å². The molecule has 144 valence electrons. The van der Waals surface area contributed by atoms with Gasteiger partial charge in [0.1, 0.15) is 6.29 Å². The average Bonchev–Trinajstić information content (AvgIpc) is 2.60. The summed E-state index contributed by atoms with van der Waals surface area (Å²) in [6, 6.07) is 7.83. The Morgan fingerprint density at radius 1 is 1.41 bits per heavy atom. The Bertz CT molecular complexity index is 653. The van der Waals surface area contributed by atoms with Crippen LogP contribution in [-0.4, -0.2) is 30.9 Å². The molecule has 0 aliphatic rings. The third kappa shape index (κ3) is 9.50. The molecule has 2 atom stereocenters. The minimum atomic E-state index is -0.841. The molecule has 0 bridgehead atoms. The van der Waals surface area contributed by atoms with E-state index in [1.54, 1.807) is 27.0 Å². The van der Waals surface area contributed by atoms with Crippen molar-refractivity contribution in [3.05, 3.63) is 56.3 Å². The molecule has 2 unspecified atom stereocenters. The van der Waals surface area contributed by atoms with Crippen molar-refractivity contribution in [3.63, 3.8) is 0 Å². The summed E-state index contributed by atoms with van der Waals surface area (Å²) in [5, 5.41) is 9.97. The van der Waals surface area contributed by atoms with Crippen LogP contribution in [0.15, 0.2) is 35.3 Å². The summed E-state index contributed by atoms with van der Waals surface area (Å²) in [4.78, 5) is 15.5. The van der Waals surface area contributed by atoms with E-state index in [0.717, 1.165) is 17.4 Å². The smallest absolute Gasteiger partial charge is 0.541 e. The summed E-state index contributed by atoms with van der Waals surface area (Å²) in [6.45, 7) is 5.56. The quantitative estimate of drug-likeness (QED) is 0.117. The Morgan fingerprint density at radius 2 is 1.96 bits per heavy atom. The molecule has 0 spiro atoms. The maximum absolute atomic E-state index is 11.2. The molecule has 6 heteroatoms. The molecule has 0 fully saturated rings. The van der Waals surface area contributed by atoms with Gasteiger partial charge >= 0.3 is 51.4 Å². The second-order valence-corrected chi connectivity index (χ2v) is 5.46. The first kappa shape index (κ1) is 33.4. The van der Waals surface area contributed by atoms with E-state index in [9.17, 15) is 4.79 Å². The van der Waals surface area contributed by atoms with Crippen LogP contribution in [0.2, 0.25) is 0 Å². The number of aldehydes is 1. The van der Waals surface area contributed by atoms with Crippen molar-refractivity contribution in [2.75, 3.05) is 7.05 Å². The monoisotopic (exact) mass is 394 g/mol. The number of benzene rings is 1. The molecule has 1 aromatic rings. The third-order valence-corrected chi connectivity index (χ3v) is 3.85. The molecule has 0 aliphatic heterocycles. The van der Waals surface area contributed by atoms with Crippen molar-refractivity contribution < 1.29 is 56.2 Å². The topological polar surface area (TPSA) is 91.3 Å². The van der Waals surface area contributed by atoms with E-state index in [2.05, 4.69) is 29.5 Å². The number of nitrogens with zero attached hydrogens (tertiary/aromatic N) is 1. The number of hydrogen-bond acceptors (Lipinski definition) is 4. The number of carbonyl (C=O) groups is 1. The molecule has 27 heavy (non-hydrogen) atoms. The van der Waals surface area contributed by atoms with E-state index in [1.165, 1.54) is 0 Å². The molecule has 1 aromatic carbocycles. The molecular weight excluding hydrogens is 363 g/mol. The van der Waals surface area contributed by atoms with Crippen molar-refractivity contribution in [1.29, 1.82) is 5.41 Å². The number of carbonyl (C=O) groups excluding carboxylic acids is 1. The summed E-state index contributed by atoms with van der Waals surface area (Å²) in [5.74, 6) is -0.398. The van der Waals surface area contributed by atoms with Crippen molar-refractivity contribution in [3.8, 4) is 12.8 Å². The van der Waals surface area contributed by atoms with E-state index >= 15 is 0 Å². The predicted molar refractivity (Wildman–Crippen MR) is 114 cm³/mol. The van der Waals surface area contributed by atoms with Gasteiger partial charge in [-0.25, -0.2) is 0 Å². The van der Waals surface area contributed by atoms with Crippen LogP contribution in [0.3, 0.4) is 0 Å². The van der Waals surface area contributed by atoms with Crippen LogP contribution >= 0.6 is 0 Å². The minimum Gasteiger partial charge on any atom is -0.541 e. The van der Waals surface area contributed by atoms with Crippen molar-refractivity contribution in [1.82, 2.24) is 5.32 Å². The van der Waals surface area contributed by atoms with E-state index in [4.69, 9.17) is 11.1 Å². The molecule has 0 aliphatic carbocycles. The Labute approximate surface area is 208 Å².